The molecule has 0 aliphatic rings. The monoisotopic (exact) mass is 188 g/mol. The molecule has 78 valence electrons. The molecule has 0 aromatic rings. The predicted octanol–water partition coefficient (Wildman–Crippen LogP) is 1.28. The quantitative estimate of drug-likeness (QED) is 0.480. The third-order valence-corrected chi connectivity index (χ3v) is 2.07. The van der Waals surface area contributed by atoms with Crippen molar-refractivity contribution in [1.82, 2.24) is 0 Å². The summed E-state index contributed by atoms with van der Waals surface area (Å²) in [5, 5.41) is 0. The molecule has 1 atom stereocenters. The minimum atomic E-state index is -0.0969. The second-order valence-electron chi connectivity index (χ2n) is 4.53. The van der Waals surface area contributed by atoms with E-state index in [1.54, 1.807) is 0 Å². The minimum absolute atomic E-state index is 0.0969. The molecule has 0 rings (SSSR count). The van der Waals surface area contributed by atoms with Crippen LogP contribution < -0.4 is 0 Å². The molecule has 3 nitrogen and oxygen atoms in total. The van der Waals surface area contributed by atoms with Gasteiger partial charge in [0.25, 0.3) is 0 Å². The molecule has 0 saturated heterocycles. The molecule has 0 aromatic heterocycles. The molecule has 0 spiro atoms. The summed E-state index contributed by atoms with van der Waals surface area (Å²) in [6, 6.07) is 0. The lowest BCUT2D eigenvalue weighted by Gasteiger charge is -2.28. The van der Waals surface area contributed by atoms with Gasteiger partial charge in [-0.3, -0.25) is 4.79 Å². The zero-order valence-electron chi connectivity index (χ0n) is 9.46. The maximum Gasteiger partial charge on any atom is 0.306 e. The molecule has 0 fully saturated rings. The van der Waals surface area contributed by atoms with Crippen molar-refractivity contribution in [3.05, 3.63) is 0 Å². The van der Waals surface area contributed by atoms with Crippen LogP contribution in [0.2, 0.25) is 0 Å². The molecule has 0 bridgehead atoms. The fourth-order valence-corrected chi connectivity index (χ4v) is 1.43. The Kier molecular flexibility index (Phi) is 4.99. The Morgan fingerprint density at radius 2 is 1.92 bits per heavy atom. The van der Waals surface area contributed by atoms with E-state index < -0.39 is 0 Å². The molecular formula is C10H22NO2+. The van der Waals surface area contributed by atoms with Gasteiger partial charge in [-0.25, -0.2) is 0 Å². The molecule has 13 heavy (non-hydrogen) atoms. The lowest BCUT2D eigenvalue weighted by Crippen LogP contribution is -2.39. The van der Waals surface area contributed by atoms with Crippen molar-refractivity contribution < 1.29 is 14.0 Å². The van der Waals surface area contributed by atoms with Gasteiger partial charge >= 0.3 is 5.97 Å². The van der Waals surface area contributed by atoms with Gasteiger partial charge in [0.05, 0.1) is 41.2 Å². The summed E-state index contributed by atoms with van der Waals surface area (Å²) >= 11 is 0. The highest BCUT2D eigenvalue weighted by atomic mass is 16.5. The summed E-state index contributed by atoms with van der Waals surface area (Å²) < 4.78 is 5.55. The van der Waals surface area contributed by atoms with Crippen LogP contribution in [0, 0.1) is 5.92 Å². The number of ether oxygens (including phenoxy) is 1. The molecule has 0 aromatic carbocycles. The average molecular weight is 188 g/mol. The maximum absolute atomic E-state index is 11.0. The van der Waals surface area contributed by atoms with Crippen LogP contribution in [-0.2, 0) is 9.53 Å². The van der Waals surface area contributed by atoms with E-state index in [1.807, 2.05) is 0 Å². The average Bonchev–Trinajstić information content (AvgIpc) is 2.00. The van der Waals surface area contributed by atoms with Crippen LogP contribution in [0.4, 0.5) is 0 Å². The van der Waals surface area contributed by atoms with Crippen LogP contribution in [0.5, 0.6) is 0 Å². The van der Waals surface area contributed by atoms with Crippen LogP contribution in [0.3, 0.4) is 0 Å². The Balaban J connectivity index is 3.97. The van der Waals surface area contributed by atoms with Crippen LogP contribution in [-0.4, -0.2) is 45.2 Å². The van der Waals surface area contributed by atoms with Gasteiger partial charge in [0, 0.05) is 5.92 Å². The first-order valence-electron chi connectivity index (χ1n) is 4.76. The maximum atomic E-state index is 11.0. The molecule has 1 unspecified atom stereocenters. The van der Waals surface area contributed by atoms with Crippen molar-refractivity contribution in [3.63, 3.8) is 0 Å². The normalized spacial score (nSPS) is 13.9. The highest BCUT2D eigenvalue weighted by Crippen LogP contribution is 2.12. The van der Waals surface area contributed by atoms with Gasteiger partial charge in [0.2, 0.25) is 0 Å². The van der Waals surface area contributed by atoms with E-state index in [1.165, 1.54) is 7.11 Å². The van der Waals surface area contributed by atoms with Crippen LogP contribution >= 0.6 is 0 Å². The first-order valence-corrected chi connectivity index (χ1v) is 4.76. The van der Waals surface area contributed by atoms with E-state index >= 15 is 0 Å². The molecule has 0 aliphatic carbocycles. The van der Waals surface area contributed by atoms with E-state index in [-0.39, 0.29) is 5.97 Å². The summed E-state index contributed by atoms with van der Waals surface area (Å²) in [5.41, 5.74) is 0. The third-order valence-electron chi connectivity index (χ3n) is 2.07. The lowest BCUT2D eigenvalue weighted by molar-refractivity contribution is -0.873. The smallest absolute Gasteiger partial charge is 0.306 e. The SMILES string of the molecule is CCC(CC(=O)OC)C[N+](C)(C)C. The minimum Gasteiger partial charge on any atom is -0.469 e. The molecule has 0 amide bonds. The van der Waals surface area contributed by atoms with E-state index in [4.69, 9.17) is 0 Å². The lowest BCUT2D eigenvalue weighted by atomic mass is 10.0. The number of nitrogens with zero attached hydrogens (tertiary/aromatic N) is 1. The number of methoxy groups -OCH3 is 1. The van der Waals surface area contributed by atoms with Gasteiger partial charge in [0.1, 0.15) is 0 Å². The van der Waals surface area contributed by atoms with Crippen molar-refractivity contribution in [2.75, 3.05) is 34.8 Å². The summed E-state index contributed by atoms with van der Waals surface area (Å²) in [5.74, 6) is 0.341. The molecule has 3 heteroatoms. The van der Waals surface area contributed by atoms with E-state index in [9.17, 15) is 4.79 Å². The van der Waals surface area contributed by atoms with Gasteiger partial charge < -0.3 is 9.22 Å². The zero-order chi connectivity index (χ0) is 10.5. The Labute approximate surface area is 81.3 Å². The van der Waals surface area contributed by atoms with E-state index in [0.717, 1.165) is 17.4 Å². The number of rotatable bonds is 5. The highest BCUT2D eigenvalue weighted by molar-refractivity contribution is 5.69. The third kappa shape index (κ3) is 6.58. The number of esters is 1. The Morgan fingerprint density at radius 1 is 1.38 bits per heavy atom. The number of quaternary nitrogens is 1. The fourth-order valence-electron chi connectivity index (χ4n) is 1.43. The number of carbonyl (C=O) groups excluding carboxylic acids is 1. The first kappa shape index (κ1) is 12.4. The Hall–Kier alpha value is -0.570. The largest absolute Gasteiger partial charge is 0.469 e. The van der Waals surface area contributed by atoms with Crippen molar-refractivity contribution in [2.24, 2.45) is 5.92 Å². The van der Waals surface area contributed by atoms with Crippen LogP contribution in [0.15, 0.2) is 0 Å². The van der Waals surface area contributed by atoms with Crippen molar-refractivity contribution >= 4 is 5.97 Å². The van der Waals surface area contributed by atoms with E-state index in [2.05, 4.69) is 32.8 Å². The molecule has 0 radical (unpaired) electrons. The molecule has 0 N–H and O–H groups in total. The second kappa shape index (κ2) is 5.22. The summed E-state index contributed by atoms with van der Waals surface area (Å²) in [6.45, 7) is 3.13. The first-order chi connectivity index (χ1) is 5.89. The van der Waals surface area contributed by atoms with Crippen LogP contribution in [0.1, 0.15) is 19.8 Å². The van der Waals surface area contributed by atoms with Crippen molar-refractivity contribution in [3.8, 4) is 0 Å². The van der Waals surface area contributed by atoms with Gasteiger partial charge in [-0.15, -0.1) is 0 Å². The zero-order valence-corrected chi connectivity index (χ0v) is 9.46. The standard InChI is InChI=1S/C10H22NO2/c1-6-9(7-10(12)13-5)8-11(2,3)4/h9H,6-8H2,1-5H3/q+1. The summed E-state index contributed by atoms with van der Waals surface area (Å²) in [6.07, 6.45) is 1.58. The number of carbonyl (C=O) groups is 1. The molecule has 0 heterocycles. The molecule has 0 aliphatic heterocycles. The van der Waals surface area contributed by atoms with Crippen molar-refractivity contribution in [2.45, 2.75) is 19.8 Å². The Morgan fingerprint density at radius 3 is 2.23 bits per heavy atom. The number of hydrogen-bond donors (Lipinski definition) is 0. The van der Waals surface area contributed by atoms with E-state index in [0.29, 0.717) is 12.3 Å². The van der Waals surface area contributed by atoms with Gasteiger partial charge in [0.15, 0.2) is 0 Å². The van der Waals surface area contributed by atoms with Crippen LogP contribution in [0.25, 0.3) is 0 Å². The van der Waals surface area contributed by atoms with Crippen molar-refractivity contribution in [1.29, 1.82) is 0 Å². The summed E-state index contributed by atoms with van der Waals surface area (Å²) in [7, 11) is 7.86. The predicted molar refractivity (Wildman–Crippen MR) is 53.3 cm³/mol. The second-order valence-corrected chi connectivity index (χ2v) is 4.53. The van der Waals surface area contributed by atoms with Gasteiger partial charge in [-0.1, -0.05) is 6.92 Å². The van der Waals surface area contributed by atoms with Gasteiger partial charge in [-0.05, 0) is 6.42 Å². The summed E-state index contributed by atoms with van der Waals surface area (Å²) in [4.78, 5) is 11.0. The molecule has 0 saturated carbocycles. The highest BCUT2D eigenvalue weighted by Gasteiger charge is 2.19. The topological polar surface area (TPSA) is 26.3 Å². The number of hydrogen-bond acceptors (Lipinski definition) is 2. The fraction of sp³-hybridized carbons (Fsp3) is 0.900. The van der Waals surface area contributed by atoms with Gasteiger partial charge in [-0.2, -0.15) is 0 Å². The Bertz CT molecular complexity index is 161. The molecular weight excluding hydrogens is 166 g/mol.